The molecule has 2 aromatic rings. The second-order valence-electron chi connectivity index (χ2n) is 5.85. The number of carbonyl (C=O) groups is 1. The first-order valence-corrected chi connectivity index (χ1v) is 6.85. The summed E-state index contributed by atoms with van der Waals surface area (Å²) in [5.74, 6) is -0.499. The van der Waals surface area contributed by atoms with E-state index in [1.807, 2.05) is 18.2 Å². The summed E-state index contributed by atoms with van der Waals surface area (Å²) < 4.78 is 5.38. The third kappa shape index (κ3) is 3.69. The Labute approximate surface area is 128 Å². The van der Waals surface area contributed by atoms with Crippen LogP contribution in [0.3, 0.4) is 0 Å². The van der Waals surface area contributed by atoms with Crippen LogP contribution in [0.4, 0.5) is 5.69 Å². The van der Waals surface area contributed by atoms with Crippen molar-refractivity contribution in [1.29, 1.82) is 0 Å². The normalized spacial score (nSPS) is 11.0. The Kier molecular flexibility index (Phi) is 4.26. The van der Waals surface area contributed by atoms with Crippen molar-refractivity contribution >= 4 is 11.7 Å². The summed E-state index contributed by atoms with van der Waals surface area (Å²) in [6.07, 6.45) is 0. The lowest BCUT2D eigenvalue weighted by Gasteiger charge is -2.20. The number of hydrogen-bond acceptors (Lipinski definition) is 4. The topological polar surface area (TPSA) is 69.4 Å². The molecule has 114 valence electrons. The lowest BCUT2D eigenvalue weighted by Crippen LogP contribution is -2.24. The summed E-state index contributed by atoms with van der Waals surface area (Å²) in [5.41, 5.74) is 0.835. The predicted octanol–water partition coefficient (Wildman–Crippen LogP) is 4.22. The SMILES string of the molecule is CC(C)(C)OC(=O)c1ccc([N+](=O)[O-])cc1-c1ccccc1. The van der Waals surface area contributed by atoms with Gasteiger partial charge in [0, 0.05) is 17.7 Å². The van der Waals surface area contributed by atoms with Crippen molar-refractivity contribution in [1.82, 2.24) is 0 Å². The van der Waals surface area contributed by atoms with Gasteiger partial charge in [0.1, 0.15) is 5.60 Å². The first-order valence-electron chi connectivity index (χ1n) is 6.85. The molecule has 0 atom stereocenters. The quantitative estimate of drug-likeness (QED) is 0.483. The minimum Gasteiger partial charge on any atom is -0.456 e. The highest BCUT2D eigenvalue weighted by molar-refractivity contribution is 5.98. The van der Waals surface area contributed by atoms with Crippen molar-refractivity contribution < 1.29 is 14.5 Å². The fraction of sp³-hybridized carbons (Fsp3) is 0.235. The molecule has 0 N–H and O–H groups in total. The second-order valence-corrected chi connectivity index (χ2v) is 5.85. The van der Waals surface area contributed by atoms with Crippen molar-refractivity contribution in [2.45, 2.75) is 26.4 Å². The minimum absolute atomic E-state index is 0.0637. The monoisotopic (exact) mass is 299 g/mol. The zero-order chi connectivity index (χ0) is 16.3. The molecule has 22 heavy (non-hydrogen) atoms. The number of benzene rings is 2. The lowest BCUT2D eigenvalue weighted by molar-refractivity contribution is -0.384. The molecule has 0 aliphatic rings. The molecule has 0 aromatic heterocycles. The Morgan fingerprint density at radius 1 is 1.09 bits per heavy atom. The molecular formula is C17H17NO4. The molecule has 0 bridgehead atoms. The van der Waals surface area contributed by atoms with Gasteiger partial charge in [-0.15, -0.1) is 0 Å². The number of nitrogens with zero attached hydrogens (tertiary/aromatic N) is 1. The standard InChI is InChI=1S/C17H17NO4/c1-17(2,3)22-16(19)14-10-9-13(18(20)21)11-15(14)12-7-5-4-6-8-12/h4-11H,1-3H3. The average molecular weight is 299 g/mol. The van der Waals surface area contributed by atoms with Crippen molar-refractivity contribution in [3.05, 3.63) is 64.2 Å². The number of rotatable bonds is 3. The third-order valence-corrected chi connectivity index (χ3v) is 2.92. The van der Waals surface area contributed by atoms with Gasteiger partial charge in [-0.1, -0.05) is 30.3 Å². The molecular weight excluding hydrogens is 282 g/mol. The summed E-state index contributed by atoms with van der Waals surface area (Å²) in [5, 5.41) is 11.0. The van der Waals surface area contributed by atoms with Crippen LogP contribution in [0.15, 0.2) is 48.5 Å². The molecule has 5 heteroatoms. The van der Waals surface area contributed by atoms with E-state index < -0.39 is 16.5 Å². The van der Waals surface area contributed by atoms with E-state index in [0.29, 0.717) is 11.1 Å². The number of non-ortho nitro benzene ring substituents is 1. The van der Waals surface area contributed by atoms with Crippen LogP contribution in [0, 0.1) is 10.1 Å². The van der Waals surface area contributed by atoms with Gasteiger partial charge in [0.15, 0.2) is 0 Å². The van der Waals surface area contributed by atoms with Gasteiger partial charge in [-0.25, -0.2) is 4.79 Å². The molecule has 0 amide bonds. The Balaban J connectivity index is 2.54. The number of esters is 1. The maximum Gasteiger partial charge on any atom is 0.339 e. The van der Waals surface area contributed by atoms with Crippen molar-refractivity contribution in [3.8, 4) is 11.1 Å². The van der Waals surface area contributed by atoms with Gasteiger partial charge in [-0.2, -0.15) is 0 Å². The van der Waals surface area contributed by atoms with Gasteiger partial charge in [0.25, 0.3) is 5.69 Å². The minimum atomic E-state index is -0.632. The highest BCUT2D eigenvalue weighted by Gasteiger charge is 2.22. The van der Waals surface area contributed by atoms with E-state index in [1.165, 1.54) is 18.2 Å². The van der Waals surface area contributed by atoms with Crippen LogP contribution in [0.5, 0.6) is 0 Å². The maximum atomic E-state index is 12.3. The molecule has 0 heterocycles. The van der Waals surface area contributed by atoms with E-state index in [0.717, 1.165) is 5.56 Å². The number of hydrogen-bond donors (Lipinski definition) is 0. The molecule has 0 fully saturated rings. The zero-order valence-electron chi connectivity index (χ0n) is 12.7. The molecule has 0 saturated heterocycles. The van der Waals surface area contributed by atoms with Crippen LogP contribution >= 0.6 is 0 Å². The predicted molar refractivity (Wildman–Crippen MR) is 83.7 cm³/mol. The Morgan fingerprint density at radius 3 is 2.27 bits per heavy atom. The number of carbonyl (C=O) groups excluding carboxylic acids is 1. The van der Waals surface area contributed by atoms with Gasteiger partial charge >= 0.3 is 5.97 Å². The number of ether oxygens (including phenoxy) is 1. The summed E-state index contributed by atoms with van der Waals surface area (Å²) in [7, 11) is 0. The van der Waals surface area contributed by atoms with Crippen LogP contribution in [0.2, 0.25) is 0 Å². The molecule has 2 aromatic carbocycles. The lowest BCUT2D eigenvalue weighted by atomic mass is 9.99. The van der Waals surface area contributed by atoms with E-state index in [1.54, 1.807) is 32.9 Å². The summed E-state index contributed by atoms with van der Waals surface area (Å²) >= 11 is 0. The summed E-state index contributed by atoms with van der Waals surface area (Å²) in [6, 6.07) is 13.2. The summed E-state index contributed by atoms with van der Waals surface area (Å²) in [4.78, 5) is 22.8. The zero-order valence-corrected chi connectivity index (χ0v) is 12.7. The largest absolute Gasteiger partial charge is 0.456 e. The molecule has 0 radical (unpaired) electrons. The van der Waals surface area contributed by atoms with Crippen LogP contribution in [-0.4, -0.2) is 16.5 Å². The van der Waals surface area contributed by atoms with Gasteiger partial charge in [-0.3, -0.25) is 10.1 Å². The molecule has 5 nitrogen and oxygen atoms in total. The molecule has 0 unspecified atom stereocenters. The highest BCUT2D eigenvalue weighted by Crippen LogP contribution is 2.29. The Hall–Kier alpha value is -2.69. The number of nitro groups is 1. The van der Waals surface area contributed by atoms with E-state index >= 15 is 0 Å². The van der Waals surface area contributed by atoms with Gasteiger partial charge < -0.3 is 4.74 Å². The molecule has 0 saturated carbocycles. The first-order chi connectivity index (χ1) is 10.3. The molecule has 0 aliphatic heterocycles. The maximum absolute atomic E-state index is 12.3. The molecule has 0 aliphatic carbocycles. The van der Waals surface area contributed by atoms with Crippen LogP contribution in [0.25, 0.3) is 11.1 Å². The van der Waals surface area contributed by atoms with Crippen molar-refractivity contribution in [2.24, 2.45) is 0 Å². The average Bonchev–Trinajstić information content (AvgIpc) is 2.45. The summed E-state index contributed by atoms with van der Waals surface area (Å²) in [6.45, 7) is 5.33. The van der Waals surface area contributed by atoms with E-state index in [4.69, 9.17) is 4.74 Å². The first kappa shape index (κ1) is 15.7. The van der Waals surface area contributed by atoms with Crippen LogP contribution < -0.4 is 0 Å². The fourth-order valence-electron chi connectivity index (χ4n) is 2.01. The number of nitro benzene ring substituents is 1. The van der Waals surface area contributed by atoms with Crippen LogP contribution in [-0.2, 0) is 4.74 Å². The molecule has 0 spiro atoms. The van der Waals surface area contributed by atoms with E-state index in [-0.39, 0.29) is 5.69 Å². The third-order valence-electron chi connectivity index (χ3n) is 2.92. The van der Waals surface area contributed by atoms with E-state index in [9.17, 15) is 14.9 Å². The Morgan fingerprint density at radius 2 is 1.73 bits per heavy atom. The van der Waals surface area contributed by atoms with E-state index in [2.05, 4.69) is 0 Å². The second kappa shape index (κ2) is 5.97. The fourth-order valence-corrected chi connectivity index (χ4v) is 2.01. The van der Waals surface area contributed by atoms with Gasteiger partial charge in [0.2, 0.25) is 0 Å². The highest BCUT2D eigenvalue weighted by atomic mass is 16.6. The molecule has 2 rings (SSSR count). The Bertz CT molecular complexity index is 702. The van der Waals surface area contributed by atoms with Crippen LogP contribution in [0.1, 0.15) is 31.1 Å². The smallest absolute Gasteiger partial charge is 0.339 e. The van der Waals surface area contributed by atoms with Gasteiger partial charge in [0.05, 0.1) is 10.5 Å². The van der Waals surface area contributed by atoms with Gasteiger partial charge in [-0.05, 0) is 32.4 Å². The van der Waals surface area contributed by atoms with Crippen molar-refractivity contribution in [2.75, 3.05) is 0 Å². The van der Waals surface area contributed by atoms with Crippen molar-refractivity contribution in [3.63, 3.8) is 0 Å².